The highest BCUT2D eigenvalue weighted by Gasteiger charge is 2.18. The van der Waals surface area contributed by atoms with Crippen LogP contribution >= 0.6 is 0 Å². The molecule has 0 aliphatic carbocycles. The molecule has 7 heteroatoms. The molecule has 2 rings (SSSR count). The van der Waals surface area contributed by atoms with E-state index in [4.69, 9.17) is 0 Å². The Morgan fingerprint density at radius 1 is 1.11 bits per heavy atom. The molecular formula is C20H25FN2O3S. The lowest BCUT2D eigenvalue weighted by atomic mass is 10.1. The number of sulfonamides is 1. The number of carbonyl (C=O) groups is 1. The summed E-state index contributed by atoms with van der Waals surface area (Å²) >= 11 is 0. The molecule has 1 amide bonds. The lowest BCUT2D eigenvalue weighted by molar-refractivity contribution is -0.121. The number of halogens is 1. The highest BCUT2D eigenvalue weighted by Crippen LogP contribution is 2.19. The summed E-state index contributed by atoms with van der Waals surface area (Å²) in [7, 11) is -3.52. The Hall–Kier alpha value is -2.41. The van der Waals surface area contributed by atoms with Gasteiger partial charge in [-0.15, -0.1) is 0 Å². The quantitative estimate of drug-likeness (QED) is 0.747. The zero-order valence-corrected chi connectivity index (χ0v) is 16.6. The second kappa shape index (κ2) is 8.99. The van der Waals surface area contributed by atoms with E-state index in [0.29, 0.717) is 12.1 Å². The van der Waals surface area contributed by atoms with Crippen LogP contribution < -0.4 is 9.62 Å². The van der Waals surface area contributed by atoms with Crippen molar-refractivity contribution in [2.24, 2.45) is 0 Å². The molecule has 0 saturated heterocycles. The minimum Gasteiger partial charge on any atom is -0.350 e. The summed E-state index contributed by atoms with van der Waals surface area (Å²) in [4.78, 5) is 12.2. The van der Waals surface area contributed by atoms with Crippen LogP contribution in [0.25, 0.3) is 0 Å². The van der Waals surface area contributed by atoms with E-state index in [9.17, 15) is 17.6 Å². The lowest BCUT2D eigenvalue weighted by Crippen LogP contribution is -2.32. The van der Waals surface area contributed by atoms with Gasteiger partial charge in [-0.05, 0) is 50.1 Å². The van der Waals surface area contributed by atoms with Gasteiger partial charge in [0.05, 0.1) is 18.0 Å². The predicted octanol–water partition coefficient (Wildman–Crippen LogP) is 3.56. The Bertz CT molecular complexity index is 865. The van der Waals surface area contributed by atoms with Crippen LogP contribution in [-0.2, 0) is 14.8 Å². The maximum absolute atomic E-state index is 13.1. The predicted molar refractivity (Wildman–Crippen MR) is 106 cm³/mol. The van der Waals surface area contributed by atoms with Gasteiger partial charge in [-0.25, -0.2) is 12.8 Å². The van der Waals surface area contributed by atoms with Crippen LogP contribution in [0.4, 0.5) is 10.1 Å². The summed E-state index contributed by atoms with van der Waals surface area (Å²) in [6, 6.07) is 13.1. The number of hydrogen-bond acceptors (Lipinski definition) is 3. The summed E-state index contributed by atoms with van der Waals surface area (Å²) < 4.78 is 38.3. The largest absolute Gasteiger partial charge is 0.350 e. The van der Waals surface area contributed by atoms with Gasteiger partial charge in [-0.1, -0.05) is 29.8 Å². The van der Waals surface area contributed by atoms with E-state index in [2.05, 4.69) is 5.32 Å². The van der Waals surface area contributed by atoms with E-state index < -0.39 is 15.8 Å². The van der Waals surface area contributed by atoms with Crippen LogP contribution in [0.5, 0.6) is 0 Å². The minimum absolute atomic E-state index is 0.124. The molecule has 1 atom stereocenters. The van der Waals surface area contributed by atoms with Crippen molar-refractivity contribution in [3.8, 4) is 0 Å². The number of nitrogens with zero attached hydrogens (tertiary/aromatic N) is 1. The number of nitrogens with one attached hydrogen (secondary N) is 1. The van der Waals surface area contributed by atoms with Gasteiger partial charge in [0.25, 0.3) is 0 Å². The van der Waals surface area contributed by atoms with E-state index in [1.165, 1.54) is 28.6 Å². The number of aryl methyl sites for hydroxylation is 1. The smallest absolute Gasteiger partial charge is 0.232 e. The van der Waals surface area contributed by atoms with Crippen LogP contribution in [-0.4, -0.2) is 27.1 Å². The van der Waals surface area contributed by atoms with Crippen molar-refractivity contribution in [2.75, 3.05) is 17.1 Å². The number of benzene rings is 2. The van der Waals surface area contributed by atoms with Crippen molar-refractivity contribution < 1.29 is 17.6 Å². The highest BCUT2D eigenvalue weighted by molar-refractivity contribution is 7.92. The van der Waals surface area contributed by atoms with Crippen molar-refractivity contribution in [3.05, 3.63) is 65.5 Å². The van der Waals surface area contributed by atoms with Crippen LogP contribution in [0.15, 0.2) is 48.5 Å². The molecule has 1 N–H and O–H groups in total. The van der Waals surface area contributed by atoms with Crippen LogP contribution in [0, 0.1) is 12.7 Å². The number of rotatable bonds is 8. The topological polar surface area (TPSA) is 66.5 Å². The fourth-order valence-corrected chi connectivity index (χ4v) is 3.69. The number of carbonyl (C=O) groups excluding carboxylic acids is 1. The van der Waals surface area contributed by atoms with Gasteiger partial charge in [0.2, 0.25) is 15.9 Å². The second-order valence-corrected chi connectivity index (χ2v) is 8.52. The van der Waals surface area contributed by atoms with Crippen molar-refractivity contribution in [1.82, 2.24) is 5.32 Å². The molecule has 2 aromatic rings. The summed E-state index contributed by atoms with van der Waals surface area (Å²) in [5.74, 6) is -0.577. The first-order chi connectivity index (χ1) is 12.7. The summed E-state index contributed by atoms with van der Waals surface area (Å²) in [6.07, 6.45) is 1.65. The van der Waals surface area contributed by atoms with E-state index in [1.807, 2.05) is 38.1 Å². The molecule has 0 saturated carbocycles. The SMILES string of the molecule is Cc1ccc([C@@H](C)NC(=O)CCCN(c2ccc(F)cc2)S(C)(=O)=O)cc1. The van der Waals surface area contributed by atoms with Crippen LogP contribution in [0.2, 0.25) is 0 Å². The molecule has 0 aliphatic heterocycles. The van der Waals surface area contributed by atoms with E-state index >= 15 is 0 Å². The maximum Gasteiger partial charge on any atom is 0.232 e. The molecule has 5 nitrogen and oxygen atoms in total. The number of amides is 1. The fraction of sp³-hybridized carbons (Fsp3) is 0.350. The van der Waals surface area contributed by atoms with Crippen molar-refractivity contribution in [3.63, 3.8) is 0 Å². The third-order valence-corrected chi connectivity index (χ3v) is 5.43. The zero-order valence-electron chi connectivity index (χ0n) is 15.8. The fourth-order valence-electron chi connectivity index (χ4n) is 2.73. The first-order valence-corrected chi connectivity index (χ1v) is 10.6. The molecule has 2 aromatic carbocycles. The van der Waals surface area contributed by atoms with Crippen molar-refractivity contribution in [1.29, 1.82) is 0 Å². The Morgan fingerprint density at radius 2 is 1.70 bits per heavy atom. The molecule has 0 aromatic heterocycles. The minimum atomic E-state index is -3.52. The highest BCUT2D eigenvalue weighted by atomic mass is 32.2. The zero-order chi connectivity index (χ0) is 20.0. The molecule has 0 bridgehead atoms. The van der Waals surface area contributed by atoms with Crippen LogP contribution in [0.1, 0.15) is 36.9 Å². The van der Waals surface area contributed by atoms with Crippen LogP contribution in [0.3, 0.4) is 0 Å². The normalized spacial score (nSPS) is 12.4. The monoisotopic (exact) mass is 392 g/mol. The van der Waals surface area contributed by atoms with Crippen molar-refractivity contribution >= 4 is 21.6 Å². The third kappa shape index (κ3) is 6.36. The molecule has 0 fully saturated rings. The van der Waals surface area contributed by atoms with Crippen molar-refractivity contribution in [2.45, 2.75) is 32.7 Å². The Balaban J connectivity index is 1.91. The molecule has 146 valence electrons. The van der Waals surface area contributed by atoms with Gasteiger partial charge in [0, 0.05) is 13.0 Å². The molecule has 0 heterocycles. The molecule has 0 aliphatic rings. The molecular weight excluding hydrogens is 367 g/mol. The van der Waals surface area contributed by atoms with Gasteiger partial charge < -0.3 is 5.32 Å². The Morgan fingerprint density at radius 3 is 2.26 bits per heavy atom. The van der Waals surface area contributed by atoms with Gasteiger partial charge in [0.15, 0.2) is 0 Å². The Labute approximate surface area is 160 Å². The van der Waals surface area contributed by atoms with Gasteiger partial charge >= 0.3 is 0 Å². The second-order valence-electron chi connectivity index (χ2n) is 6.61. The maximum atomic E-state index is 13.1. The van der Waals surface area contributed by atoms with Gasteiger partial charge in [-0.3, -0.25) is 9.10 Å². The number of anilines is 1. The summed E-state index contributed by atoms with van der Waals surface area (Å²) in [6.45, 7) is 4.06. The average molecular weight is 392 g/mol. The first kappa shape index (κ1) is 20.9. The molecule has 0 radical (unpaired) electrons. The Kier molecular flexibility index (Phi) is 6.96. The first-order valence-electron chi connectivity index (χ1n) is 8.76. The van der Waals surface area contributed by atoms with E-state index in [-0.39, 0.29) is 24.9 Å². The lowest BCUT2D eigenvalue weighted by Gasteiger charge is -2.22. The van der Waals surface area contributed by atoms with Gasteiger partial charge in [-0.2, -0.15) is 0 Å². The molecule has 0 unspecified atom stereocenters. The van der Waals surface area contributed by atoms with E-state index in [1.54, 1.807) is 0 Å². The number of hydrogen-bond donors (Lipinski definition) is 1. The summed E-state index contributed by atoms with van der Waals surface area (Å²) in [5, 5.41) is 2.92. The van der Waals surface area contributed by atoms with E-state index in [0.717, 1.165) is 17.4 Å². The molecule has 0 spiro atoms. The standard InChI is InChI=1S/C20H25FN2O3S/c1-15-6-8-17(9-7-15)16(2)22-20(24)5-4-14-23(27(3,25)26)19-12-10-18(21)11-13-19/h6-13,16H,4-5,14H2,1-3H3,(H,22,24)/t16-/m1/s1. The summed E-state index contributed by atoms with van der Waals surface area (Å²) in [5.41, 5.74) is 2.55. The molecule has 27 heavy (non-hydrogen) atoms. The average Bonchev–Trinajstić information content (AvgIpc) is 2.59. The van der Waals surface area contributed by atoms with Gasteiger partial charge in [0.1, 0.15) is 5.82 Å². The third-order valence-electron chi connectivity index (χ3n) is 4.23.